The minimum absolute atomic E-state index is 0.0653. The fraction of sp³-hybridized carbons (Fsp3) is 0.385. The molecule has 2 aromatic rings. The first kappa shape index (κ1) is 27.5. The molecular formula is C26H31NO8. The zero-order chi connectivity index (χ0) is 25.6. The summed E-state index contributed by atoms with van der Waals surface area (Å²) < 4.78 is 15.1. The molecule has 1 N–H and O–H groups in total. The number of carbonyl (C=O) groups excluding carboxylic acids is 4. The molecule has 0 spiro atoms. The lowest BCUT2D eigenvalue weighted by Gasteiger charge is -2.16. The quantitative estimate of drug-likeness (QED) is 0.260. The molecule has 9 heteroatoms. The number of hydrogen-bond donors (Lipinski definition) is 1. The predicted molar refractivity (Wildman–Crippen MR) is 126 cm³/mol. The van der Waals surface area contributed by atoms with Gasteiger partial charge < -0.3 is 14.2 Å². The zero-order valence-electron chi connectivity index (χ0n) is 20.2. The molecule has 0 bridgehead atoms. The van der Waals surface area contributed by atoms with Crippen LogP contribution in [0.3, 0.4) is 0 Å². The maximum Gasteiger partial charge on any atom is 0.338 e. The van der Waals surface area contributed by atoms with Crippen molar-refractivity contribution in [3.8, 4) is 5.75 Å². The van der Waals surface area contributed by atoms with Gasteiger partial charge in [-0.3, -0.25) is 19.2 Å². The summed E-state index contributed by atoms with van der Waals surface area (Å²) in [7, 11) is 0. The first-order chi connectivity index (χ1) is 16.8. The number of rotatable bonds is 13. The summed E-state index contributed by atoms with van der Waals surface area (Å²) in [4.78, 5) is 52.7. The van der Waals surface area contributed by atoms with Gasteiger partial charge in [0, 0.05) is 13.3 Å². The van der Waals surface area contributed by atoms with E-state index in [4.69, 9.17) is 19.0 Å². The minimum atomic E-state index is -0.525. The molecule has 1 atom stereocenters. The Kier molecular flexibility index (Phi) is 11.4. The standard InChI is InChI=1S/C26H31NO8/c1-4-32-25(30)21-10-6-19(7-11-21)16-22(26(31)33-5-2)12-15-24(29)27-34-17-20-8-13-23(14-9-20)35-18(3)28/h6-11,13-14,22H,4-5,12,15-17H2,1-3H3,(H,27,29). The van der Waals surface area contributed by atoms with Crippen LogP contribution in [0.15, 0.2) is 48.5 Å². The zero-order valence-corrected chi connectivity index (χ0v) is 20.2. The Morgan fingerprint density at radius 1 is 0.857 bits per heavy atom. The molecule has 9 nitrogen and oxygen atoms in total. The van der Waals surface area contributed by atoms with Crippen LogP contribution in [0, 0.1) is 5.92 Å². The molecule has 0 radical (unpaired) electrons. The second-order valence-electron chi connectivity index (χ2n) is 7.66. The van der Waals surface area contributed by atoms with Gasteiger partial charge in [-0.05, 0) is 62.1 Å². The van der Waals surface area contributed by atoms with Crippen molar-refractivity contribution >= 4 is 23.8 Å². The molecule has 0 saturated heterocycles. The molecule has 0 saturated carbocycles. The van der Waals surface area contributed by atoms with Crippen LogP contribution in [0.4, 0.5) is 0 Å². The molecular weight excluding hydrogens is 454 g/mol. The van der Waals surface area contributed by atoms with Gasteiger partial charge in [0.05, 0.1) is 31.3 Å². The third kappa shape index (κ3) is 9.97. The van der Waals surface area contributed by atoms with Gasteiger partial charge in [-0.1, -0.05) is 24.3 Å². The third-order valence-electron chi connectivity index (χ3n) is 4.90. The van der Waals surface area contributed by atoms with Crippen LogP contribution >= 0.6 is 0 Å². The van der Waals surface area contributed by atoms with E-state index in [2.05, 4.69) is 5.48 Å². The summed E-state index contributed by atoms with van der Waals surface area (Å²) in [5.41, 5.74) is 4.42. The number of hydrogen-bond acceptors (Lipinski definition) is 8. The highest BCUT2D eigenvalue weighted by atomic mass is 16.6. The Balaban J connectivity index is 1.84. The number of esters is 3. The second kappa shape index (κ2) is 14.5. The van der Waals surface area contributed by atoms with Gasteiger partial charge in [0.15, 0.2) is 0 Å². The maximum absolute atomic E-state index is 12.4. The Morgan fingerprint density at radius 3 is 2.09 bits per heavy atom. The predicted octanol–water partition coefficient (Wildman–Crippen LogP) is 3.54. The Bertz CT molecular complexity index is 985. The first-order valence-corrected chi connectivity index (χ1v) is 11.4. The van der Waals surface area contributed by atoms with Gasteiger partial charge >= 0.3 is 17.9 Å². The van der Waals surface area contributed by atoms with Gasteiger partial charge in [0.2, 0.25) is 5.91 Å². The van der Waals surface area contributed by atoms with E-state index in [0.717, 1.165) is 11.1 Å². The van der Waals surface area contributed by atoms with Crippen LogP contribution in [0.5, 0.6) is 5.75 Å². The fourth-order valence-corrected chi connectivity index (χ4v) is 3.22. The monoisotopic (exact) mass is 485 g/mol. The van der Waals surface area contributed by atoms with Crippen molar-refractivity contribution < 1.29 is 38.2 Å². The molecule has 0 aliphatic rings. The molecule has 0 aliphatic heterocycles. The smallest absolute Gasteiger partial charge is 0.338 e. The molecule has 2 rings (SSSR count). The number of ether oxygens (including phenoxy) is 3. The first-order valence-electron chi connectivity index (χ1n) is 11.4. The number of carbonyl (C=O) groups is 4. The topological polar surface area (TPSA) is 117 Å². The highest BCUT2D eigenvalue weighted by Gasteiger charge is 2.22. The van der Waals surface area contributed by atoms with Crippen molar-refractivity contribution in [1.29, 1.82) is 0 Å². The number of nitrogens with one attached hydrogen (secondary N) is 1. The summed E-state index contributed by atoms with van der Waals surface area (Å²) in [6, 6.07) is 13.5. The molecule has 0 aromatic heterocycles. The van der Waals surface area contributed by atoms with Gasteiger partial charge in [-0.2, -0.15) is 0 Å². The van der Waals surface area contributed by atoms with Gasteiger partial charge in [-0.25, -0.2) is 10.3 Å². The van der Waals surface area contributed by atoms with E-state index in [0.29, 0.717) is 24.3 Å². The maximum atomic E-state index is 12.4. The SMILES string of the molecule is CCOC(=O)c1ccc(CC(CCC(=O)NOCc2ccc(OC(C)=O)cc2)C(=O)OCC)cc1. The Hall–Kier alpha value is -3.72. The van der Waals surface area contributed by atoms with Crippen LogP contribution in [0.25, 0.3) is 0 Å². The molecule has 1 unspecified atom stereocenters. The lowest BCUT2D eigenvalue weighted by molar-refractivity contribution is -0.148. The Labute approximate surface area is 204 Å². The summed E-state index contributed by atoms with van der Waals surface area (Å²) in [6.45, 7) is 5.44. The van der Waals surface area contributed by atoms with Crippen molar-refractivity contribution in [3.63, 3.8) is 0 Å². The van der Waals surface area contributed by atoms with E-state index in [1.807, 2.05) is 0 Å². The number of amides is 1. The van der Waals surface area contributed by atoms with E-state index < -0.39 is 17.9 Å². The molecule has 35 heavy (non-hydrogen) atoms. The molecule has 0 heterocycles. The van der Waals surface area contributed by atoms with Crippen LogP contribution in [0.1, 0.15) is 55.1 Å². The van der Waals surface area contributed by atoms with Crippen molar-refractivity contribution in [3.05, 3.63) is 65.2 Å². The highest BCUT2D eigenvalue weighted by Crippen LogP contribution is 2.18. The van der Waals surface area contributed by atoms with E-state index in [1.54, 1.807) is 62.4 Å². The molecule has 0 aliphatic carbocycles. The van der Waals surface area contributed by atoms with E-state index in [1.165, 1.54) is 6.92 Å². The van der Waals surface area contributed by atoms with Gasteiger partial charge in [0.25, 0.3) is 0 Å². The molecule has 2 aromatic carbocycles. The summed E-state index contributed by atoms with van der Waals surface area (Å²) in [6.07, 6.45) is 0.700. The van der Waals surface area contributed by atoms with Gasteiger partial charge in [0.1, 0.15) is 5.75 Å². The van der Waals surface area contributed by atoms with Crippen molar-refractivity contribution in [2.45, 2.75) is 46.6 Å². The summed E-state index contributed by atoms with van der Waals surface area (Å²) in [5.74, 6) is -1.67. The molecule has 1 amide bonds. The van der Waals surface area contributed by atoms with E-state index in [-0.39, 0.29) is 37.9 Å². The average Bonchev–Trinajstić information content (AvgIpc) is 2.83. The average molecular weight is 486 g/mol. The third-order valence-corrected chi connectivity index (χ3v) is 4.90. The highest BCUT2D eigenvalue weighted by molar-refractivity contribution is 5.89. The second-order valence-corrected chi connectivity index (χ2v) is 7.66. The van der Waals surface area contributed by atoms with Crippen LogP contribution < -0.4 is 10.2 Å². The number of benzene rings is 2. The van der Waals surface area contributed by atoms with Gasteiger partial charge in [-0.15, -0.1) is 0 Å². The van der Waals surface area contributed by atoms with Crippen molar-refractivity contribution in [2.24, 2.45) is 5.92 Å². The van der Waals surface area contributed by atoms with Crippen LogP contribution in [-0.4, -0.2) is 37.0 Å². The lowest BCUT2D eigenvalue weighted by Crippen LogP contribution is -2.26. The molecule has 0 fully saturated rings. The largest absolute Gasteiger partial charge is 0.466 e. The Morgan fingerprint density at radius 2 is 1.49 bits per heavy atom. The van der Waals surface area contributed by atoms with Crippen LogP contribution in [-0.2, 0) is 41.7 Å². The number of hydroxylamine groups is 1. The van der Waals surface area contributed by atoms with Crippen molar-refractivity contribution in [1.82, 2.24) is 5.48 Å². The summed E-state index contributed by atoms with van der Waals surface area (Å²) in [5, 5.41) is 0. The van der Waals surface area contributed by atoms with E-state index >= 15 is 0 Å². The van der Waals surface area contributed by atoms with Crippen molar-refractivity contribution in [2.75, 3.05) is 13.2 Å². The fourth-order valence-electron chi connectivity index (χ4n) is 3.22. The van der Waals surface area contributed by atoms with Crippen LogP contribution in [0.2, 0.25) is 0 Å². The summed E-state index contributed by atoms with van der Waals surface area (Å²) >= 11 is 0. The normalized spacial score (nSPS) is 11.3. The van der Waals surface area contributed by atoms with E-state index in [9.17, 15) is 19.2 Å². The minimum Gasteiger partial charge on any atom is -0.466 e. The molecule has 188 valence electrons. The lowest BCUT2D eigenvalue weighted by atomic mass is 9.94.